The van der Waals surface area contributed by atoms with E-state index >= 15 is 26.3 Å². The van der Waals surface area contributed by atoms with Crippen LogP contribution in [-0.4, -0.2) is 22.5 Å². The van der Waals surface area contributed by atoms with Crippen LogP contribution in [0.25, 0.3) is 44.2 Å². The van der Waals surface area contributed by atoms with Gasteiger partial charge < -0.3 is 19.8 Å². The summed E-state index contributed by atoms with van der Waals surface area (Å²) in [6.07, 6.45) is 0. The summed E-state index contributed by atoms with van der Waals surface area (Å²) in [4.78, 5) is 0. The number of aromatic hydroxyl groups is 1. The minimum Gasteiger partial charge on any atom is -0.511 e. The van der Waals surface area contributed by atoms with E-state index in [4.69, 9.17) is 0 Å². The monoisotopic (exact) mass is 702 g/mol. The Labute approximate surface area is 254 Å². The van der Waals surface area contributed by atoms with E-state index in [-0.39, 0.29) is 6.07 Å². The molecule has 0 spiro atoms. The molecule has 0 radical (unpaired) electrons. The molecule has 48 heavy (non-hydrogen) atoms. The van der Waals surface area contributed by atoms with Crippen molar-refractivity contribution in [1.82, 2.24) is 0 Å². The summed E-state index contributed by atoms with van der Waals surface area (Å²) in [5, 5.41) is 26.8. The van der Waals surface area contributed by atoms with Crippen LogP contribution in [-0.2, 0) is 0 Å². The molecule has 250 valence electrons. The molecule has 0 amide bonds. The third kappa shape index (κ3) is 4.85. The molecular weight excluding hydrogens is 696 g/mol. The van der Waals surface area contributed by atoms with Gasteiger partial charge >= 0.3 is 7.32 Å². The fourth-order valence-corrected chi connectivity index (χ4v) is 4.90. The van der Waals surface area contributed by atoms with Crippen LogP contribution in [0.15, 0.2) is 18.2 Å². The van der Waals surface area contributed by atoms with Crippen LogP contribution < -0.4 is 4.65 Å². The second-order valence-electron chi connectivity index (χ2n) is 9.46. The molecule has 0 bridgehead atoms. The third-order valence-electron chi connectivity index (χ3n) is 6.85. The lowest BCUT2D eigenvalue weighted by atomic mass is 9.82. The fraction of sp³-hybridized carbons (Fsp3) is 0. The first-order chi connectivity index (χ1) is 22.3. The molecule has 0 atom stereocenters. The summed E-state index contributed by atoms with van der Waals surface area (Å²) in [7, 11) is -3.47. The maximum Gasteiger partial charge on any atom is 0.707 e. The van der Waals surface area contributed by atoms with Gasteiger partial charge in [0.25, 0.3) is 0 Å². The van der Waals surface area contributed by atoms with Crippen LogP contribution in [0.2, 0.25) is 0 Å². The summed E-state index contributed by atoms with van der Waals surface area (Å²) >= 11 is 0. The van der Waals surface area contributed by atoms with Gasteiger partial charge in [-0.15, -0.1) is 0 Å². The molecule has 4 nitrogen and oxygen atoms in total. The molecule has 5 rings (SSSR count). The summed E-state index contributed by atoms with van der Waals surface area (Å²) in [6.45, 7) is 0. The van der Waals surface area contributed by atoms with E-state index < -0.39 is 150 Å². The summed E-state index contributed by atoms with van der Waals surface area (Å²) in [6, 6.07) is 1.07. The van der Waals surface area contributed by atoms with Crippen molar-refractivity contribution in [3.05, 3.63) is 105 Å². The van der Waals surface area contributed by atoms with Crippen molar-refractivity contribution in [2.75, 3.05) is 0 Å². The smallest absolute Gasteiger partial charge is 0.511 e. The minimum absolute atomic E-state index is 0.187. The number of rotatable bonds is 5. The lowest BCUT2D eigenvalue weighted by Crippen LogP contribution is -2.22. The number of fused-ring (bicyclic) bond motifs is 1. The van der Waals surface area contributed by atoms with Crippen molar-refractivity contribution in [1.29, 1.82) is 0 Å². The van der Waals surface area contributed by atoms with E-state index in [1.807, 2.05) is 0 Å². The zero-order valence-corrected chi connectivity index (χ0v) is 22.2. The molecule has 0 saturated carbocycles. The molecule has 0 aliphatic carbocycles. The van der Waals surface area contributed by atoms with Gasteiger partial charge in [-0.2, -0.15) is 0 Å². The molecular formula is C28H6BF15O4. The molecule has 0 aromatic heterocycles. The second kappa shape index (κ2) is 11.8. The van der Waals surface area contributed by atoms with Crippen molar-refractivity contribution in [2.45, 2.75) is 0 Å². The SMILES string of the molecule is OB(O)Oc1c(-c2c(F)c(F)c(F)c(F)c2F)c(-c2c(F)c(F)c(F)c(F)c2F)c2cc(O)ccc2c1-c1c(F)c(F)c(F)c(F)c1F. The molecule has 0 heterocycles. The maximum atomic E-state index is 15.4. The Morgan fingerprint density at radius 1 is 0.375 bits per heavy atom. The number of hydrogen-bond donors (Lipinski definition) is 3. The Kier molecular flexibility index (Phi) is 8.45. The van der Waals surface area contributed by atoms with Gasteiger partial charge in [-0.1, -0.05) is 0 Å². The molecule has 5 aromatic rings. The highest BCUT2D eigenvalue weighted by molar-refractivity contribution is 6.34. The van der Waals surface area contributed by atoms with Gasteiger partial charge in [-0.3, -0.25) is 0 Å². The zero-order chi connectivity index (χ0) is 35.8. The van der Waals surface area contributed by atoms with Crippen molar-refractivity contribution in [3.8, 4) is 44.9 Å². The Morgan fingerprint density at radius 2 is 0.688 bits per heavy atom. The minimum atomic E-state index is -3.47. The molecule has 0 aliphatic rings. The number of halogens is 15. The van der Waals surface area contributed by atoms with Gasteiger partial charge in [-0.05, 0) is 29.0 Å². The first-order valence-corrected chi connectivity index (χ1v) is 12.3. The van der Waals surface area contributed by atoms with Crippen LogP contribution in [0.1, 0.15) is 0 Å². The number of phenolic OH excluding ortho intramolecular Hbond substituents is 1. The number of hydrogen-bond acceptors (Lipinski definition) is 4. The predicted octanol–water partition coefficient (Wildman–Crippen LogP) is 7.98. The van der Waals surface area contributed by atoms with Crippen molar-refractivity contribution in [3.63, 3.8) is 0 Å². The molecule has 3 N–H and O–H groups in total. The first-order valence-electron chi connectivity index (χ1n) is 12.3. The number of benzene rings is 5. The Balaban J connectivity index is 2.28. The van der Waals surface area contributed by atoms with Crippen LogP contribution in [0.5, 0.6) is 11.5 Å². The van der Waals surface area contributed by atoms with Gasteiger partial charge in [0.05, 0.1) is 16.7 Å². The van der Waals surface area contributed by atoms with E-state index in [2.05, 4.69) is 4.65 Å². The first kappa shape index (κ1) is 34.2. The Morgan fingerprint density at radius 3 is 1.04 bits per heavy atom. The zero-order valence-electron chi connectivity index (χ0n) is 22.2. The van der Waals surface area contributed by atoms with E-state index in [1.165, 1.54) is 0 Å². The van der Waals surface area contributed by atoms with Gasteiger partial charge in [0, 0.05) is 16.7 Å². The van der Waals surface area contributed by atoms with Crippen LogP contribution >= 0.6 is 0 Å². The molecule has 0 aliphatic heterocycles. The molecule has 0 unspecified atom stereocenters. The summed E-state index contributed by atoms with van der Waals surface area (Å²) in [5.41, 5.74) is -12.9. The third-order valence-corrected chi connectivity index (χ3v) is 6.85. The summed E-state index contributed by atoms with van der Waals surface area (Å²) < 4.78 is 225. The molecule has 5 aromatic carbocycles. The summed E-state index contributed by atoms with van der Waals surface area (Å²) in [5.74, 6) is -46.3. The molecule has 0 saturated heterocycles. The van der Waals surface area contributed by atoms with E-state index in [0.717, 1.165) is 0 Å². The fourth-order valence-electron chi connectivity index (χ4n) is 4.90. The van der Waals surface area contributed by atoms with Crippen molar-refractivity contribution >= 4 is 18.1 Å². The lowest BCUT2D eigenvalue weighted by molar-refractivity contribution is 0.289. The highest BCUT2D eigenvalue weighted by atomic mass is 19.2. The van der Waals surface area contributed by atoms with E-state index in [1.54, 1.807) is 0 Å². The highest BCUT2D eigenvalue weighted by Crippen LogP contribution is 2.55. The van der Waals surface area contributed by atoms with E-state index in [9.17, 15) is 54.7 Å². The van der Waals surface area contributed by atoms with Crippen LogP contribution in [0.4, 0.5) is 65.9 Å². The van der Waals surface area contributed by atoms with Crippen molar-refractivity contribution < 1.29 is 85.7 Å². The average molecular weight is 702 g/mol. The van der Waals surface area contributed by atoms with Crippen LogP contribution in [0, 0.1) is 87.3 Å². The van der Waals surface area contributed by atoms with Crippen molar-refractivity contribution in [2.24, 2.45) is 0 Å². The second-order valence-corrected chi connectivity index (χ2v) is 9.46. The number of phenols is 1. The standard InChI is InChI=1S/C28H6BF15O4/c30-13-10(14(31)20(37)25(42)19(13)36)7-6-3-4(45)1-2-5(6)8(11-15(32)21(38)26(43)22(39)16(11)33)28(48-29(46)47)9(7)12-17(34)23(40)27(44)24(41)18(12)35/h1-3,45-47H. The molecule has 20 heteroatoms. The maximum absolute atomic E-state index is 15.4. The average Bonchev–Trinajstić information content (AvgIpc) is 3.04. The predicted molar refractivity (Wildman–Crippen MR) is 132 cm³/mol. The quantitative estimate of drug-likeness (QED) is 0.0753. The topological polar surface area (TPSA) is 69.9 Å². The molecule has 0 fully saturated rings. The Hall–Kier alpha value is -5.11. The van der Waals surface area contributed by atoms with Crippen LogP contribution in [0.3, 0.4) is 0 Å². The normalized spacial score (nSPS) is 11.5. The largest absolute Gasteiger partial charge is 0.707 e. The van der Waals surface area contributed by atoms with Gasteiger partial charge in [0.1, 0.15) is 11.5 Å². The van der Waals surface area contributed by atoms with Gasteiger partial charge in [-0.25, -0.2) is 65.9 Å². The van der Waals surface area contributed by atoms with Gasteiger partial charge in [0.15, 0.2) is 69.8 Å². The van der Waals surface area contributed by atoms with Gasteiger partial charge in [0.2, 0.25) is 17.5 Å². The van der Waals surface area contributed by atoms with E-state index in [0.29, 0.717) is 12.1 Å². The Bertz CT molecular complexity index is 2140. The lowest BCUT2D eigenvalue weighted by Gasteiger charge is -2.25. The highest BCUT2D eigenvalue weighted by Gasteiger charge is 2.39.